The second kappa shape index (κ2) is 11.4. The van der Waals surface area contributed by atoms with Crippen LogP contribution in [0, 0.1) is 0 Å². The van der Waals surface area contributed by atoms with E-state index < -0.39 is 24.0 Å². The van der Waals surface area contributed by atoms with E-state index in [-0.39, 0.29) is 29.3 Å². The van der Waals surface area contributed by atoms with Gasteiger partial charge in [-0.1, -0.05) is 12.2 Å². The molecule has 3 aliphatic rings. The molecule has 0 bridgehead atoms. The number of fused-ring (bicyclic) bond motifs is 3. The minimum Gasteiger partial charge on any atom is -0.507 e. The molecule has 2 aromatic carbocycles. The molecule has 5 rings (SSSR count). The molecule has 39 heavy (non-hydrogen) atoms. The molecule has 3 aliphatic heterocycles. The van der Waals surface area contributed by atoms with Crippen molar-refractivity contribution >= 4 is 23.8 Å². The number of benzene rings is 2. The van der Waals surface area contributed by atoms with Gasteiger partial charge in [-0.15, -0.1) is 0 Å². The van der Waals surface area contributed by atoms with Crippen molar-refractivity contribution in [3.63, 3.8) is 0 Å². The maximum atomic E-state index is 13.4. The van der Waals surface area contributed by atoms with Crippen LogP contribution in [0.4, 0.5) is 0 Å². The summed E-state index contributed by atoms with van der Waals surface area (Å²) in [5, 5.41) is 11.6. The van der Waals surface area contributed by atoms with Gasteiger partial charge >= 0.3 is 11.9 Å². The third-order valence-corrected chi connectivity index (χ3v) is 7.23. The second-order valence-electron chi connectivity index (χ2n) is 10.0. The largest absolute Gasteiger partial charge is 0.507 e. The van der Waals surface area contributed by atoms with E-state index in [1.165, 1.54) is 7.11 Å². The van der Waals surface area contributed by atoms with Crippen LogP contribution in [0.2, 0.25) is 0 Å². The first-order valence-corrected chi connectivity index (χ1v) is 13.3. The van der Waals surface area contributed by atoms with Crippen LogP contribution in [0.5, 0.6) is 28.7 Å². The minimum atomic E-state index is -0.679. The number of phenolic OH excluding ortho intramolecular Hbond substituents is 1. The van der Waals surface area contributed by atoms with Gasteiger partial charge in [0.15, 0.2) is 11.5 Å². The van der Waals surface area contributed by atoms with Crippen LogP contribution in [0.15, 0.2) is 24.3 Å². The van der Waals surface area contributed by atoms with Crippen molar-refractivity contribution in [2.75, 3.05) is 20.3 Å². The Morgan fingerprint density at radius 1 is 1.00 bits per heavy atom. The molecule has 0 fully saturated rings. The fourth-order valence-electron chi connectivity index (χ4n) is 5.30. The molecule has 0 saturated heterocycles. The molecule has 0 aliphatic carbocycles. The van der Waals surface area contributed by atoms with Crippen molar-refractivity contribution in [1.29, 1.82) is 0 Å². The fourth-order valence-corrected chi connectivity index (χ4v) is 5.30. The third-order valence-electron chi connectivity index (χ3n) is 7.23. The Hall–Kier alpha value is -4.01. The summed E-state index contributed by atoms with van der Waals surface area (Å²) < 4.78 is 28.3. The van der Waals surface area contributed by atoms with Crippen LogP contribution in [-0.2, 0) is 14.3 Å². The van der Waals surface area contributed by atoms with Gasteiger partial charge in [0, 0.05) is 24.3 Å². The van der Waals surface area contributed by atoms with Crippen molar-refractivity contribution in [2.45, 2.75) is 63.9 Å². The van der Waals surface area contributed by atoms with Crippen molar-refractivity contribution in [1.82, 2.24) is 0 Å². The summed E-state index contributed by atoms with van der Waals surface area (Å²) in [6.45, 7) is 2.52. The lowest BCUT2D eigenvalue weighted by molar-refractivity contribution is -0.135. The monoisotopic (exact) mass is 536 g/mol. The Labute approximate surface area is 226 Å². The lowest BCUT2D eigenvalue weighted by Crippen LogP contribution is -2.24. The van der Waals surface area contributed by atoms with Gasteiger partial charge in [-0.2, -0.15) is 0 Å². The Morgan fingerprint density at radius 2 is 1.79 bits per heavy atom. The van der Waals surface area contributed by atoms with Crippen LogP contribution < -0.4 is 18.9 Å². The zero-order chi connectivity index (χ0) is 27.5. The number of ether oxygens (including phenoxy) is 5. The van der Waals surface area contributed by atoms with Gasteiger partial charge in [-0.25, -0.2) is 4.79 Å². The molecular weight excluding hydrogens is 504 g/mol. The van der Waals surface area contributed by atoms with Gasteiger partial charge in [-0.05, 0) is 61.9 Å². The third kappa shape index (κ3) is 5.57. The van der Waals surface area contributed by atoms with Crippen LogP contribution in [0.3, 0.4) is 0 Å². The van der Waals surface area contributed by atoms with Gasteiger partial charge in [0.1, 0.15) is 36.1 Å². The minimum absolute atomic E-state index is 0.0115. The van der Waals surface area contributed by atoms with E-state index in [4.69, 9.17) is 23.7 Å². The van der Waals surface area contributed by atoms with Crippen molar-refractivity contribution in [2.24, 2.45) is 0 Å². The van der Waals surface area contributed by atoms with Gasteiger partial charge in [0.05, 0.1) is 19.6 Å². The molecule has 0 radical (unpaired) electrons. The van der Waals surface area contributed by atoms with E-state index in [9.17, 15) is 19.5 Å². The highest BCUT2D eigenvalue weighted by molar-refractivity contribution is 5.98. The highest BCUT2D eigenvalue weighted by Crippen LogP contribution is 2.50. The average Bonchev–Trinajstić information content (AvgIpc) is 2.91. The van der Waals surface area contributed by atoms with Crippen LogP contribution in [0.1, 0.15) is 84.8 Å². The highest BCUT2D eigenvalue weighted by atomic mass is 16.6. The predicted octanol–water partition coefficient (Wildman–Crippen LogP) is 5.09. The molecule has 0 saturated carbocycles. The van der Waals surface area contributed by atoms with Crippen molar-refractivity contribution in [3.8, 4) is 28.7 Å². The maximum absolute atomic E-state index is 13.4. The summed E-state index contributed by atoms with van der Waals surface area (Å²) in [4.78, 5) is 38.2. The molecule has 0 amide bonds. The Morgan fingerprint density at radius 3 is 2.62 bits per heavy atom. The van der Waals surface area contributed by atoms with Crippen LogP contribution in [0.25, 0.3) is 6.08 Å². The average molecular weight is 537 g/mol. The lowest BCUT2D eigenvalue weighted by atomic mass is 9.83. The number of Topliss-reactive ketones (excluding diaryl/α,β-unsaturated/α-hetero) is 1. The number of aromatic hydroxyl groups is 1. The predicted molar refractivity (Wildman–Crippen MR) is 141 cm³/mol. The van der Waals surface area contributed by atoms with Crippen LogP contribution in [-0.4, -0.2) is 49.3 Å². The number of rotatable bonds is 2. The fraction of sp³-hybridized carbons (Fsp3) is 0.433. The zero-order valence-electron chi connectivity index (χ0n) is 22.1. The second-order valence-corrected chi connectivity index (χ2v) is 10.0. The number of cyclic esters (lactones) is 1. The van der Waals surface area contributed by atoms with Gasteiger partial charge in [0.25, 0.3) is 0 Å². The Kier molecular flexibility index (Phi) is 7.77. The highest BCUT2D eigenvalue weighted by Gasteiger charge is 2.36. The standard InChI is InChI=1S/C30H32O9/c1-17-7-6-10-20(31)9-5-3-4-8-18-13-22-27(28(33)26(18)30(34)38-17)21(16-25(32)39-22)19-14-23(35-2)29-24(15-19)36-11-12-37-29/h4,8,13-15,17,21,33H,3,5-7,9-12,16H2,1-2H3/t17-,21+/m0/s1. The first-order valence-electron chi connectivity index (χ1n) is 13.3. The van der Waals surface area contributed by atoms with E-state index in [0.717, 1.165) is 0 Å². The molecule has 9 heteroatoms. The van der Waals surface area contributed by atoms with Gasteiger partial charge in [-0.3, -0.25) is 9.59 Å². The number of carbonyl (C=O) groups excluding carboxylic acids is 3. The summed E-state index contributed by atoms with van der Waals surface area (Å²) in [5.41, 5.74) is 1.35. The Bertz CT molecular complexity index is 1310. The number of allylic oxidation sites excluding steroid dienone is 1. The quantitative estimate of drug-likeness (QED) is 0.413. The van der Waals surface area contributed by atoms with Crippen molar-refractivity contribution in [3.05, 3.63) is 46.5 Å². The summed E-state index contributed by atoms with van der Waals surface area (Å²) in [5.74, 6) is -0.324. The molecule has 0 aromatic heterocycles. The number of carbonyl (C=O) groups is 3. The summed E-state index contributed by atoms with van der Waals surface area (Å²) in [6, 6.07) is 5.09. The molecule has 3 heterocycles. The van der Waals surface area contributed by atoms with E-state index in [1.807, 2.05) is 6.08 Å². The maximum Gasteiger partial charge on any atom is 0.342 e. The zero-order valence-corrected chi connectivity index (χ0v) is 22.1. The van der Waals surface area contributed by atoms with Crippen molar-refractivity contribution < 1.29 is 43.2 Å². The molecule has 0 spiro atoms. The van der Waals surface area contributed by atoms with Gasteiger partial charge in [0.2, 0.25) is 5.75 Å². The SMILES string of the molecule is COc1cc([C@H]2CC(=O)Oc3cc4c(c(O)c32)C(=O)O[C@@H](C)CCCC(=O)CCCC=C4)cc2c1OCCO2. The molecular formula is C30H32O9. The number of esters is 2. The molecule has 9 nitrogen and oxygen atoms in total. The molecule has 0 unspecified atom stereocenters. The van der Waals surface area contributed by atoms with E-state index in [0.29, 0.717) is 85.7 Å². The number of phenols is 1. The van der Waals surface area contributed by atoms with Crippen LogP contribution >= 0.6 is 0 Å². The normalized spacial score (nSPS) is 21.6. The molecule has 2 atom stereocenters. The van der Waals surface area contributed by atoms with E-state index in [1.54, 1.807) is 31.2 Å². The summed E-state index contributed by atoms with van der Waals surface area (Å²) >= 11 is 0. The number of methoxy groups -OCH3 is 1. The number of hydrogen-bond acceptors (Lipinski definition) is 9. The molecule has 1 N–H and O–H groups in total. The smallest absolute Gasteiger partial charge is 0.342 e. The first kappa shape index (κ1) is 26.6. The first-order chi connectivity index (χ1) is 18.9. The number of hydrogen-bond donors (Lipinski definition) is 1. The lowest BCUT2D eigenvalue weighted by Gasteiger charge is -2.29. The van der Waals surface area contributed by atoms with E-state index >= 15 is 0 Å². The van der Waals surface area contributed by atoms with Gasteiger partial charge < -0.3 is 28.8 Å². The number of ketones is 1. The topological polar surface area (TPSA) is 118 Å². The molecule has 2 aromatic rings. The molecule has 206 valence electrons. The van der Waals surface area contributed by atoms with E-state index in [2.05, 4.69) is 0 Å². The Balaban J connectivity index is 1.61. The summed E-state index contributed by atoms with van der Waals surface area (Å²) in [7, 11) is 1.51. The summed E-state index contributed by atoms with van der Waals surface area (Å²) in [6.07, 6.45) is 6.43.